The van der Waals surface area contributed by atoms with Crippen molar-refractivity contribution in [3.8, 4) is 5.75 Å². The van der Waals surface area contributed by atoms with Gasteiger partial charge in [0.15, 0.2) is 11.4 Å². The van der Waals surface area contributed by atoms with Gasteiger partial charge in [0.05, 0.1) is 5.69 Å². The van der Waals surface area contributed by atoms with Crippen molar-refractivity contribution in [2.24, 2.45) is 0 Å². The maximum Gasteiger partial charge on any atom is 0.276 e. The average molecular weight is 280 g/mol. The number of rotatable bonds is 2. The second-order valence-corrected chi connectivity index (χ2v) is 4.78. The van der Waals surface area contributed by atoms with Crippen LogP contribution in [0.4, 0.5) is 0 Å². The van der Waals surface area contributed by atoms with Crippen molar-refractivity contribution < 1.29 is 9.90 Å². The summed E-state index contributed by atoms with van der Waals surface area (Å²) >= 11 is 0. The van der Waals surface area contributed by atoms with E-state index < -0.39 is 0 Å². The van der Waals surface area contributed by atoms with Gasteiger partial charge in [-0.2, -0.15) is 0 Å². The summed E-state index contributed by atoms with van der Waals surface area (Å²) in [5.74, 6) is -0.376. The van der Waals surface area contributed by atoms with Crippen molar-refractivity contribution in [3.63, 3.8) is 0 Å². The predicted molar refractivity (Wildman–Crippen MR) is 77.8 cm³/mol. The highest BCUT2D eigenvalue weighted by Gasteiger charge is 2.29. The van der Waals surface area contributed by atoms with Gasteiger partial charge in [0.2, 0.25) is 0 Å². The number of aromatic nitrogens is 2. The molecule has 20 heavy (non-hydrogen) atoms. The molecule has 6 nitrogen and oxygen atoms in total. The van der Waals surface area contributed by atoms with Crippen molar-refractivity contribution >= 4 is 5.91 Å². The van der Waals surface area contributed by atoms with E-state index in [4.69, 9.17) is 0 Å². The standard InChI is InChI=1S/C12H18N4O2.C2H6/c1-8-11(17)10(14-7-13-8)12(18)16(3)9-4-5-15(2)6-9;1-2/h7,9,17H,4-6H2,1-3H3;1-2H3. The Kier molecular flexibility index (Phi) is 5.88. The lowest BCUT2D eigenvalue weighted by molar-refractivity contribution is 0.0727. The molecular weight excluding hydrogens is 256 g/mol. The molecular formula is C14H24N4O2. The summed E-state index contributed by atoms with van der Waals surface area (Å²) < 4.78 is 0. The molecule has 0 aromatic carbocycles. The first-order chi connectivity index (χ1) is 9.50. The monoisotopic (exact) mass is 280 g/mol. The van der Waals surface area contributed by atoms with Crippen LogP contribution in [0.2, 0.25) is 0 Å². The number of carbonyl (C=O) groups excluding carboxylic acids is 1. The topological polar surface area (TPSA) is 69.6 Å². The third kappa shape index (κ3) is 3.45. The Hall–Kier alpha value is -1.69. The van der Waals surface area contributed by atoms with E-state index in [0.29, 0.717) is 5.69 Å². The quantitative estimate of drug-likeness (QED) is 0.884. The van der Waals surface area contributed by atoms with E-state index in [-0.39, 0.29) is 23.4 Å². The van der Waals surface area contributed by atoms with Gasteiger partial charge in [-0.25, -0.2) is 9.97 Å². The van der Waals surface area contributed by atoms with Gasteiger partial charge in [-0.1, -0.05) is 13.8 Å². The van der Waals surface area contributed by atoms with Gasteiger partial charge in [-0.05, 0) is 26.9 Å². The lowest BCUT2D eigenvalue weighted by atomic mass is 10.2. The normalized spacial score (nSPS) is 18.4. The van der Waals surface area contributed by atoms with E-state index in [1.807, 2.05) is 20.9 Å². The smallest absolute Gasteiger partial charge is 0.276 e. The molecule has 112 valence electrons. The highest BCUT2D eigenvalue weighted by molar-refractivity contribution is 5.95. The summed E-state index contributed by atoms with van der Waals surface area (Å²) in [6.07, 6.45) is 2.25. The number of aryl methyl sites for hydroxylation is 1. The average Bonchev–Trinajstić information content (AvgIpc) is 2.89. The molecule has 1 aromatic rings. The Bertz CT molecular complexity index is 464. The van der Waals surface area contributed by atoms with Gasteiger partial charge in [0.1, 0.15) is 6.33 Å². The number of aromatic hydroxyl groups is 1. The van der Waals surface area contributed by atoms with E-state index in [2.05, 4.69) is 14.9 Å². The summed E-state index contributed by atoms with van der Waals surface area (Å²) in [7, 11) is 3.79. The summed E-state index contributed by atoms with van der Waals surface area (Å²) in [5.41, 5.74) is 0.504. The van der Waals surface area contributed by atoms with Crippen LogP contribution in [-0.4, -0.2) is 64.0 Å². The third-order valence-corrected chi connectivity index (χ3v) is 3.44. The summed E-state index contributed by atoms with van der Waals surface area (Å²) in [4.78, 5) is 23.8. The molecule has 1 aliphatic rings. The van der Waals surface area contributed by atoms with Gasteiger partial charge in [0.25, 0.3) is 5.91 Å². The maximum atomic E-state index is 12.3. The summed E-state index contributed by atoms with van der Waals surface area (Å²) in [5, 5.41) is 9.83. The van der Waals surface area contributed by atoms with E-state index in [1.165, 1.54) is 6.33 Å². The SMILES string of the molecule is CC.Cc1ncnc(C(=O)N(C)C2CCN(C)C2)c1O. The highest BCUT2D eigenvalue weighted by Crippen LogP contribution is 2.21. The van der Waals surface area contributed by atoms with Crippen molar-refractivity contribution in [1.82, 2.24) is 19.8 Å². The summed E-state index contributed by atoms with van der Waals surface area (Å²) in [6.45, 7) is 7.49. The molecule has 0 radical (unpaired) electrons. The first-order valence-corrected chi connectivity index (χ1v) is 6.97. The predicted octanol–water partition coefficient (Wildman–Crippen LogP) is 1.29. The van der Waals surface area contributed by atoms with Crippen molar-refractivity contribution in [2.75, 3.05) is 27.2 Å². The Morgan fingerprint density at radius 3 is 2.65 bits per heavy atom. The van der Waals surface area contributed by atoms with E-state index in [0.717, 1.165) is 19.5 Å². The number of nitrogens with zero attached hydrogens (tertiary/aromatic N) is 4. The van der Waals surface area contributed by atoms with Gasteiger partial charge in [0, 0.05) is 19.6 Å². The lowest BCUT2D eigenvalue weighted by Gasteiger charge is -2.24. The lowest BCUT2D eigenvalue weighted by Crippen LogP contribution is -2.39. The second kappa shape index (κ2) is 7.19. The Morgan fingerprint density at radius 1 is 1.45 bits per heavy atom. The number of likely N-dealkylation sites (tertiary alicyclic amines) is 1. The highest BCUT2D eigenvalue weighted by atomic mass is 16.3. The van der Waals surface area contributed by atoms with Gasteiger partial charge in [-0.15, -0.1) is 0 Å². The van der Waals surface area contributed by atoms with Crippen LogP contribution in [-0.2, 0) is 0 Å². The molecule has 1 aromatic heterocycles. The van der Waals surface area contributed by atoms with E-state index in [9.17, 15) is 9.90 Å². The van der Waals surface area contributed by atoms with Crippen molar-refractivity contribution in [1.29, 1.82) is 0 Å². The number of amides is 1. The van der Waals surface area contributed by atoms with Crippen LogP contribution in [0.1, 0.15) is 36.5 Å². The van der Waals surface area contributed by atoms with Gasteiger partial charge in [-0.3, -0.25) is 4.79 Å². The number of likely N-dealkylation sites (N-methyl/N-ethyl adjacent to an activating group) is 2. The van der Waals surface area contributed by atoms with Crippen LogP contribution in [0.5, 0.6) is 5.75 Å². The van der Waals surface area contributed by atoms with E-state index >= 15 is 0 Å². The van der Waals surface area contributed by atoms with E-state index in [1.54, 1.807) is 18.9 Å². The Labute approximate surface area is 120 Å². The molecule has 1 atom stereocenters. The van der Waals surface area contributed by atoms with Crippen LogP contribution >= 0.6 is 0 Å². The zero-order valence-electron chi connectivity index (χ0n) is 12.9. The molecule has 1 unspecified atom stereocenters. The van der Waals surface area contributed by atoms with Crippen molar-refractivity contribution in [3.05, 3.63) is 17.7 Å². The molecule has 2 heterocycles. The fourth-order valence-corrected chi connectivity index (χ4v) is 2.18. The zero-order valence-corrected chi connectivity index (χ0v) is 12.9. The van der Waals surface area contributed by atoms with Gasteiger partial charge < -0.3 is 14.9 Å². The molecule has 1 N–H and O–H groups in total. The van der Waals surface area contributed by atoms with Crippen LogP contribution in [0.25, 0.3) is 0 Å². The van der Waals surface area contributed by atoms with Crippen LogP contribution in [0.15, 0.2) is 6.33 Å². The van der Waals surface area contributed by atoms with Crippen LogP contribution < -0.4 is 0 Å². The molecule has 1 saturated heterocycles. The molecule has 6 heteroatoms. The molecule has 0 spiro atoms. The molecule has 0 bridgehead atoms. The summed E-state index contributed by atoms with van der Waals surface area (Å²) in [6, 6.07) is 0.178. The molecule has 2 rings (SSSR count). The molecule has 1 fully saturated rings. The largest absolute Gasteiger partial charge is 0.504 e. The fourth-order valence-electron chi connectivity index (χ4n) is 2.18. The van der Waals surface area contributed by atoms with Crippen LogP contribution in [0.3, 0.4) is 0 Å². The fraction of sp³-hybridized carbons (Fsp3) is 0.643. The molecule has 1 aliphatic heterocycles. The first kappa shape index (κ1) is 16.4. The third-order valence-electron chi connectivity index (χ3n) is 3.44. The Balaban J connectivity index is 0.000000956. The molecule has 0 aliphatic carbocycles. The minimum atomic E-state index is -0.252. The maximum absolute atomic E-state index is 12.3. The number of hydrogen-bond donors (Lipinski definition) is 1. The first-order valence-electron chi connectivity index (χ1n) is 6.97. The minimum Gasteiger partial charge on any atom is -0.504 e. The van der Waals surface area contributed by atoms with Crippen molar-refractivity contribution in [2.45, 2.75) is 33.2 Å². The number of carbonyl (C=O) groups is 1. The molecule has 0 saturated carbocycles. The minimum absolute atomic E-state index is 0.0829. The number of hydrogen-bond acceptors (Lipinski definition) is 5. The Morgan fingerprint density at radius 2 is 2.10 bits per heavy atom. The molecule has 1 amide bonds. The van der Waals surface area contributed by atoms with Gasteiger partial charge >= 0.3 is 0 Å². The zero-order chi connectivity index (χ0) is 15.3. The van der Waals surface area contributed by atoms with Crippen LogP contribution in [0, 0.1) is 6.92 Å². The second-order valence-electron chi connectivity index (χ2n) is 4.78.